The van der Waals surface area contributed by atoms with Crippen molar-refractivity contribution in [3.63, 3.8) is 0 Å². The summed E-state index contributed by atoms with van der Waals surface area (Å²) in [5.41, 5.74) is 0.815. The van der Waals surface area contributed by atoms with Crippen molar-refractivity contribution in [2.24, 2.45) is 0 Å². The molecule has 15 heavy (non-hydrogen) atoms. The van der Waals surface area contributed by atoms with Crippen LogP contribution in [-0.2, 0) is 0 Å². The van der Waals surface area contributed by atoms with Gasteiger partial charge in [0, 0.05) is 18.5 Å². The molecule has 0 bridgehead atoms. The van der Waals surface area contributed by atoms with Crippen molar-refractivity contribution in [2.45, 2.75) is 32.7 Å². The molecular formula is C11H16INOS. The van der Waals surface area contributed by atoms with Crippen LogP contribution in [0.15, 0.2) is 11.4 Å². The highest BCUT2D eigenvalue weighted by atomic mass is 127. The molecule has 0 aromatic carbocycles. The van der Waals surface area contributed by atoms with Crippen LogP contribution in [0.1, 0.15) is 37.0 Å². The zero-order chi connectivity index (χ0) is 11.4. The molecule has 0 aliphatic carbocycles. The lowest BCUT2D eigenvalue weighted by atomic mass is 10.1. The number of rotatable bonds is 4. The Hall–Kier alpha value is -0.100. The van der Waals surface area contributed by atoms with Gasteiger partial charge in [0.25, 0.3) is 5.91 Å². The first-order chi connectivity index (χ1) is 7.06. The standard InChI is InChI=1S/C11H16INOS/c1-4-5-8(2)13(3)11(14)9-6-10(12)15-7-9/h6-8H,4-5H2,1-3H3. The SMILES string of the molecule is CCCC(C)N(C)C(=O)c1csc(I)c1. The van der Waals surface area contributed by atoms with Crippen LogP contribution in [0.2, 0.25) is 0 Å². The third-order valence-corrected chi connectivity index (χ3v) is 4.29. The van der Waals surface area contributed by atoms with E-state index in [9.17, 15) is 4.79 Å². The molecule has 1 aromatic heterocycles. The molecule has 1 unspecified atom stereocenters. The second kappa shape index (κ2) is 5.84. The van der Waals surface area contributed by atoms with E-state index < -0.39 is 0 Å². The maximum Gasteiger partial charge on any atom is 0.254 e. The summed E-state index contributed by atoms with van der Waals surface area (Å²) in [7, 11) is 1.88. The van der Waals surface area contributed by atoms with E-state index in [2.05, 4.69) is 36.4 Å². The van der Waals surface area contributed by atoms with Gasteiger partial charge < -0.3 is 4.90 Å². The summed E-state index contributed by atoms with van der Waals surface area (Å²) in [6.07, 6.45) is 2.17. The largest absolute Gasteiger partial charge is 0.339 e. The van der Waals surface area contributed by atoms with Crippen molar-refractivity contribution >= 4 is 39.8 Å². The maximum atomic E-state index is 12.0. The van der Waals surface area contributed by atoms with Crippen LogP contribution >= 0.6 is 33.9 Å². The van der Waals surface area contributed by atoms with E-state index in [0.717, 1.165) is 21.3 Å². The first-order valence-electron chi connectivity index (χ1n) is 5.07. The Balaban J connectivity index is 2.68. The number of carbonyl (C=O) groups is 1. The number of hydrogen-bond donors (Lipinski definition) is 0. The van der Waals surface area contributed by atoms with Gasteiger partial charge >= 0.3 is 0 Å². The van der Waals surface area contributed by atoms with Crippen molar-refractivity contribution in [3.8, 4) is 0 Å². The van der Waals surface area contributed by atoms with E-state index in [4.69, 9.17) is 0 Å². The number of carbonyl (C=O) groups excluding carboxylic acids is 1. The number of hydrogen-bond acceptors (Lipinski definition) is 2. The molecule has 0 aliphatic rings. The quantitative estimate of drug-likeness (QED) is 0.769. The van der Waals surface area contributed by atoms with Crippen LogP contribution in [-0.4, -0.2) is 23.9 Å². The van der Waals surface area contributed by atoms with Crippen LogP contribution in [0.4, 0.5) is 0 Å². The summed E-state index contributed by atoms with van der Waals surface area (Å²) in [5, 5.41) is 1.93. The fraction of sp³-hybridized carbons (Fsp3) is 0.545. The summed E-state index contributed by atoms with van der Waals surface area (Å²) in [4.78, 5) is 13.8. The van der Waals surface area contributed by atoms with Gasteiger partial charge in [-0.3, -0.25) is 4.79 Å². The highest BCUT2D eigenvalue weighted by molar-refractivity contribution is 14.1. The Kier molecular flexibility index (Phi) is 5.05. The van der Waals surface area contributed by atoms with Crippen molar-refractivity contribution in [3.05, 3.63) is 19.9 Å². The molecule has 0 aliphatic heterocycles. The first-order valence-corrected chi connectivity index (χ1v) is 7.03. The molecule has 0 radical (unpaired) electrons. The van der Waals surface area contributed by atoms with Gasteiger partial charge in [-0.1, -0.05) is 13.3 Å². The Morgan fingerprint density at radius 1 is 1.67 bits per heavy atom. The topological polar surface area (TPSA) is 20.3 Å². The minimum atomic E-state index is 0.134. The van der Waals surface area contributed by atoms with Gasteiger partial charge in [0.05, 0.1) is 8.45 Å². The maximum absolute atomic E-state index is 12.0. The number of halogens is 1. The lowest BCUT2D eigenvalue weighted by molar-refractivity contribution is 0.0737. The third kappa shape index (κ3) is 3.45. The Labute approximate surface area is 109 Å². The van der Waals surface area contributed by atoms with Crippen LogP contribution < -0.4 is 0 Å². The molecule has 1 amide bonds. The van der Waals surface area contributed by atoms with Gasteiger partial charge in [-0.25, -0.2) is 0 Å². The Morgan fingerprint density at radius 3 is 2.80 bits per heavy atom. The molecule has 4 heteroatoms. The normalized spacial score (nSPS) is 12.5. The monoisotopic (exact) mass is 337 g/mol. The molecular weight excluding hydrogens is 321 g/mol. The fourth-order valence-corrected chi connectivity index (χ4v) is 2.76. The van der Waals surface area contributed by atoms with E-state index in [1.165, 1.54) is 0 Å². The minimum Gasteiger partial charge on any atom is -0.339 e. The van der Waals surface area contributed by atoms with Gasteiger partial charge in [-0.2, -0.15) is 0 Å². The van der Waals surface area contributed by atoms with Crippen molar-refractivity contribution in [1.29, 1.82) is 0 Å². The second-order valence-electron chi connectivity index (χ2n) is 3.69. The number of amides is 1. The highest BCUT2D eigenvalue weighted by Gasteiger charge is 2.17. The van der Waals surface area contributed by atoms with E-state index in [-0.39, 0.29) is 5.91 Å². The molecule has 0 fully saturated rings. The number of thiophene rings is 1. The lowest BCUT2D eigenvalue weighted by Gasteiger charge is -2.24. The minimum absolute atomic E-state index is 0.134. The van der Waals surface area contributed by atoms with Crippen molar-refractivity contribution in [2.75, 3.05) is 7.05 Å². The summed E-state index contributed by atoms with van der Waals surface area (Å²) in [6.45, 7) is 4.24. The van der Waals surface area contributed by atoms with Gasteiger partial charge in [-0.15, -0.1) is 11.3 Å². The van der Waals surface area contributed by atoms with E-state index in [1.54, 1.807) is 11.3 Å². The van der Waals surface area contributed by atoms with Crippen LogP contribution in [0.5, 0.6) is 0 Å². The molecule has 1 atom stereocenters. The molecule has 1 rings (SSSR count). The Morgan fingerprint density at radius 2 is 2.33 bits per heavy atom. The molecule has 0 N–H and O–H groups in total. The zero-order valence-electron chi connectivity index (χ0n) is 9.29. The Bertz CT molecular complexity index is 337. The molecule has 1 aromatic rings. The van der Waals surface area contributed by atoms with E-state index >= 15 is 0 Å². The predicted molar refractivity (Wildman–Crippen MR) is 73.5 cm³/mol. The average Bonchev–Trinajstić information content (AvgIpc) is 2.63. The number of nitrogens with zero attached hydrogens (tertiary/aromatic N) is 1. The molecule has 2 nitrogen and oxygen atoms in total. The summed E-state index contributed by atoms with van der Waals surface area (Å²) in [5.74, 6) is 0.134. The summed E-state index contributed by atoms with van der Waals surface area (Å²) >= 11 is 3.85. The fourth-order valence-electron chi connectivity index (χ4n) is 1.44. The van der Waals surface area contributed by atoms with Gasteiger partial charge in [0.2, 0.25) is 0 Å². The van der Waals surface area contributed by atoms with Crippen molar-refractivity contribution < 1.29 is 4.79 Å². The lowest BCUT2D eigenvalue weighted by Crippen LogP contribution is -2.34. The third-order valence-electron chi connectivity index (χ3n) is 2.50. The smallest absolute Gasteiger partial charge is 0.254 e. The van der Waals surface area contributed by atoms with Gasteiger partial charge in [-0.05, 0) is 42.0 Å². The van der Waals surface area contributed by atoms with Crippen molar-refractivity contribution in [1.82, 2.24) is 4.90 Å². The molecule has 1 heterocycles. The van der Waals surface area contributed by atoms with Gasteiger partial charge in [0.15, 0.2) is 0 Å². The van der Waals surface area contributed by atoms with E-state index in [0.29, 0.717) is 6.04 Å². The zero-order valence-corrected chi connectivity index (χ0v) is 12.3. The van der Waals surface area contributed by atoms with Crippen LogP contribution in [0.25, 0.3) is 0 Å². The second-order valence-corrected chi connectivity index (χ2v) is 6.50. The highest BCUT2D eigenvalue weighted by Crippen LogP contribution is 2.19. The summed E-state index contributed by atoms with van der Waals surface area (Å²) < 4.78 is 1.16. The predicted octanol–water partition coefficient (Wildman–Crippen LogP) is 3.61. The van der Waals surface area contributed by atoms with E-state index in [1.807, 2.05) is 23.4 Å². The van der Waals surface area contributed by atoms with Crippen LogP contribution in [0.3, 0.4) is 0 Å². The summed E-state index contributed by atoms with van der Waals surface area (Å²) in [6, 6.07) is 2.27. The van der Waals surface area contributed by atoms with Gasteiger partial charge in [0.1, 0.15) is 0 Å². The molecule has 0 saturated heterocycles. The molecule has 0 spiro atoms. The average molecular weight is 337 g/mol. The first kappa shape index (κ1) is 13.0. The molecule has 84 valence electrons. The van der Waals surface area contributed by atoms with Crippen LogP contribution in [0, 0.1) is 2.88 Å². The molecule has 0 saturated carbocycles.